The number of sulfone groups is 1. The van der Waals surface area contributed by atoms with E-state index in [4.69, 9.17) is 9.47 Å². The number of hydrogen-bond acceptors (Lipinski definition) is 4. The van der Waals surface area contributed by atoms with E-state index in [9.17, 15) is 8.42 Å². The van der Waals surface area contributed by atoms with Gasteiger partial charge in [0.25, 0.3) is 0 Å². The van der Waals surface area contributed by atoms with Gasteiger partial charge in [0.2, 0.25) is 0 Å². The van der Waals surface area contributed by atoms with Crippen molar-refractivity contribution < 1.29 is 17.9 Å². The van der Waals surface area contributed by atoms with Gasteiger partial charge in [-0.3, -0.25) is 0 Å². The first-order valence-electron chi connectivity index (χ1n) is 6.57. The fraction of sp³-hybridized carbons (Fsp3) is 0.571. The van der Waals surface area contributed by atoms with Crippen LogP contribution < -0.4 is 9.47 Å². The second kappa shape index (κ2) is 6.35. The van der Waals surface area contributed by atoms with Crippen molar-refractivity contribution in [1.29, 1.82) is 0 Å². The lowest BCUT2D eigenvalue weighted by molar-refractivity contribution is 0.390. The highest BCUT2D eigenvalue weighted by molar-refractivity contribution is 9.09. The van der Waals surface area contributed by atoms with Crippen LogP contribution in [0, 0.1) is 0 Å². The zero-order chi connectivity index (χ0) is 14.8. The average molecular weight is 363 g/mol. The molecule has 0 N–H and O–H groups in total. The minimum atomic E-state index is -3.05. The second-order valence-corrected chi connectivity index (χ2v) is 8.24. The van der Waals surface area contributed by atoms with Crippen LogP contribution in [0.1, 0.15) is 29.7 Å². The van der Waals surface area contributed by atoms with Gasteiger partial charge in [-0.05, 0) is 18.9 Å². The lowest BCUT2D eigenvalue weighted by Crippen LogP contribution is -2.31. The van der Waals surface area contributed by atoms with Crippen molar-refractivity contribution in [2.75, 3.05) is 20.0 Å². The molecule has 1 aromatic rings. The van der Waals surface area contributed by atoms with Crippen LogP contribution in [0.25, 0.3) is 0 Å². The molecule has 0 amide bonds. The Morgan fingerprint density at radius 2 is 2.00 bits per heavy atom. The highest BCUT2D eigenvalue weighted by Crippen LogP contribution is 2.41. The summed E-state index contributed by atoms with van der Waals surface area (Å²) in [5.41, 5.74) is 0.851. The summed E-state index contributed by atoms with van der Waals surface area (Å²) in [6, 6.07) is 5.46. The quantitative estimate of drug-likeness (QED) is 0.772. The van der Waals surface area contributed by atoms with Crippen LogP contribution in [0.15, 0.2) is 18.2 Å². The summed E-state index contributed by atoms with van der Waals surface area (Å²) in [7, 11) is 0.120. The molecule has 0 aromatic heterocycles. The van der Waals surface area contributed by atoms with Crippen LogP contribution in [0.3, 0.4) is 0 Å². The molecule has 2 unspecified atom stereocenters. The Morgan fingerprint density at radius 3 is 2.60 bits per heavy atom. The molecule has 1 aliphatic heterocycles. The van der Waals surface area contributed by atoms with Gasteiger partial charge in [-0.2, -0.15) is 0 Å². The monoisotopic (exact) mass is 362 g/mol. The zero-order valence-corrected chi connectivity index (χ0v) is 14.0. The molecule has 1 aliphatic rings. The molecule has 20 heavy (non-hydrogen) atoms. The van der Waals surface area contributed by atoms with Gasteiger partial charge in [0, 0.05) is 11.6 Å². The van der Waals surface area contributed by atoms with E-state index in [0.717, 1.165) is 18.4 Å². The molecule has 4 nitrogen and oxygen atoms in total. The first-order valence-corrected chi connectivity index (χ1v) is 9.20. The molecule has 2 rings (SSSR count). The summed E-state index contributed by atoms with van der Waals surface area (Å²) in [6.07, 6.45) is 2.40. The maximum atomic E-state index is 12.2. The molecule has 1 saturated heterocycles. The van der Waals surface area contributed by atoms with Gasteiger partial charge in [0.05, 0.1) is 30.0 Å². The van der Waals surface area contributed by atoms with E-state index in [2.05, 4.69) is 15.9 Å². The Morgan fingerprint density at radius 1 is 1.25 bits per heavy atom. The molecule has 112 valence electrons. The summed E-state index contributed by atoms with van der Waals surface area (Å²) < 4.78 is 35.0. The van der Waals surface area contributed by atoms with Gasteiger partial charge in [0.15, 0.2) is 9.84 Å². The third kappa shape index (κ3) is 3.11. The third-order valence-electron chi connectivity index (χ3n) is 3.69. The van der Waals surface area contributed by atoms with Crippen LogP contribution in [0.4, 0.5) is 0 Å². The number of benzene rings is 1. The lowest BCUT2D eigenvalue weighted by atomic mass is 10.0. The zero-order valence-electron chi connectivity index (χ0n) is 11.6. The standard InChI is InChI=1S/C14H19BrO4S/c1-18-10-6-7-11(12(9-10)19-2)14(15)13-5-3-4-8-20(13,16)17/h6-7,9,13-14H,3-5,8H2,1-2H3. The van der Waals surface area contributed by atoms with Crippen molar-refractivity contribution in [3.8, 4) is 11.5 Å². The highest BCUT2D eigenvalue weighted by atomic mass is 79.9. The van der Waals surface area contributed by atoms with Crippen molar-refractivity contribution in [3.63, 3.8) is 0 Å². The SMILES string of the molecule is COc1ccc(C(Br)C2CCCCS2(=O)=O)c(OC)c1. The van der Waals surface area contributed by atoms with E-state index >= 15 is 0 Å². The Balaban J connectivity index is 2.35. The van der Waals surface area contributed by atoms with Crippen molar-refractivity contribution in [2.45, 2.75) is 29.3 Å². The molecule has 0 saturated carbocycles. The summed E-state index contributed by atoms with van der Waals surface area (Å²) in [5, 5.41) is -0.390. The molecule has 1 heterocycles. The summed E-state index contributed by atoms with van der Waals surface area (Å²) in [5.74, 6) is 1.61. The van der Waals surface area contributed by atoms with Crippen molar-refractivity contribution >= 4 is 25.8 Å². The van der Waals surface area contributed by atoms with Crippen molar-refractivity contribution in [2.24, 2.45) is 0 Å². The molecular formula is C14H19BrO4S. The fourth-order valence-corrected chi connectivity index (χ4v) is 6.13. The molecule has 1 fully saturated rings. The molecule has 1 aromatic carbocycles. The van der Waals surface area contributed by atoms with E-state index in [1.807, 2.05) is 12.1 Å². The average Bonchev–Trinajstić information content (AvgIpc) is 2.45. The Kier molecular flexibility index (Phi) is 4.96. The number of hydrogen-bond donors (Lipinski definition) is 0. The summed E-state index contributed by atoms with van der Waals surface area (Å²) in [6.45, 7) is 0. The van der Waals surface area contributed by atoms with Crippen LogP contribution >= 0.6 is 15.9 Å². The third-order valence-corrected chi connectivity index (χ3v) is 7.46. The van der Waals surface area contributed by atoms with E-state index < -0.39 is 15.1 Å². The smallest absolute Gasteiger partial charge is 0.154 e. The second-order valence-electron chi connectivity index (χ2n) is 4.91. The van der Waals surface area contributed by atoms with E-state index in [-0.39, 0.29) is 10.6 Å². The predicted octanol–water partition coefficient (Wildman–Crippen LogP) is 3.11. The minimum Gasteiger partial charge on any atom is -0.497 e. The normalized spacial score (nSPS) is 23.1. The Hall–Kier alpha value is -0.750. The lowest BCUT2D eigenvalue weighted by Gasteiger charge is -2.27. The minimum absolute atomic E-state index is 0.256. The molecule has 0 aliphatic carbocycles. The number of rotatable bonds is 4. The van der Waals surface area contributed by atoms with Gasteiger partial charge in [-0.25, -0.2) is 8.42 Å². The van der Waals surface area contributed by atoms with Gasteiger partial charge >= 0.3 is 0 Å². The first kappa shape index (κ1) is 15.6. The Labute approximate surface area is 128 Å². The summed E-state index contributed by atoms with van der Waals surface area (Å²) in [4.78, 5) is -0.256. The maximum absolute atomic E-state index is 12.2. The molecular weight excluding hydrogens is 344 g/mol. The van der Waals surface area contributed by atoms with Crippen molar-refractivity contribution in [1.82, 2.24) is 0 Å². The largest absolute Gasteiger partial charge is 0.497 e. The fourth-order valence-electron chi connectivity index (χ4n) is 2.55. The van der Waals surface area contributed by atoms with E-state index in [1.54, 1.807) is 20.3 Å². The molecule has 0 bridgehead atoms. The first-order chi connectivity index (χ1) is 9.49. The van der Waals surface area contributed by atoms with Crippen LogP contribution in [0.2, 0.25) is 0 Å². The van der Waals surface area contributed by atoms with Gasteiger partial charge < -0.3 is 9.47 Å². The topological polar surface area (TPSA) is 52.6 Å². The van der Waals surface area contributed by atoms with Gasteiger partial charge in [-0.15, -0.1) is 0 Å². The highest BCUT2D eigenvalue weighted by Gasteiger charge is 2.36. The number of alkyl halides is 1. The van der Waals surface area contributed by atoms with Crippen molar-refractivity contribution in [3.05, 3.63) is 23.8 Å². The van der Waals surface area contributed by atoms with Crippen LogP contribution in [-0.4, -0.2) is 33.6 Å². The maximum Gasteiger partial charge on any atom is 0.154 e. The number of halogens is 1. The Bertz CT molecular complexity index is 571. The summed E-state index contributed by atoms with van der Waals surface area (Å²) >= 11 is 3.56. The van der Waals surface area contributed by atoms with E-state index in [0.29, 0.717) is 17.9 Å². The number of methoxy groups -OCH3 is 2. The van der Waals surface area contributed by atoms with Gasteiger partial charge in [-0.1, -0.05) is 28.4 Å². The van der Waals surface area contributed by atoms with Gasteiger partial charge in [0.1, 0.15) is 11.5 Å². The predicted molar refractivity (Wildman–Crippen MR) is 82.6 cm³/mol. The number of ether oxygens (including phenoxy) is 2. The molecule has 2 atom stereocenters. The van der Waals surface area contributed by atoms with E-state index in [1.165, 1.54) is 0 Å². The molecule has 0 radical (unpaired) electrons. The molecule has 6 heteroatoms. The van der Waals surface area contributed by atoms with Crippen LogP contribution in [0.5, 0.6) is 11.5 Å². The van der Waals surface area contributed by atoms with Crippen LogP contribution in [-0.2, 0) is 9.84 Å². The molecule has 0 spiro atoms.